The first-order valence-electron chi connectivity index (χ1n) is 28.1. The zero-order valence-corrected chi connectivity index (χ0v) is 47.7. The average molecular weight is 1050 g/mol. The number of aromatic nitrogens is 3. The second-order valence-electron chi connectivity index (χ2n) is 24.2. The van der Waals surface area contributed by atoms with Crippen molar-refractivity contribution in [2.24, 2.45) is 0 Å². The summed E-state index contributed by atoms with van der Waals surface area (Å²) in [6.07, 6.45) is 0. The first kappa shape index (κ1) is 52.3. The average Bonchev–Trinajstić information content (AvgIpc) is 4.05. The van der Waals surface area contributed by atoms with E-state index < -0.39 is 0 Å². The van der Waals surface area contributed by atoms with Gasteiger partial charge in [0, 0.05) is 50.1 Å². The van der Waals surface area contributed by atoms with Crippen LogP contribution >= 0.6 is 0 Å². The molecule has 0 aliphatic rings. The first-order valence-corrected chi connectivity index (χ1v) is 28.1. The van der Waals surface area contributed by atoms with Crippen molar-refractivity contribution in [1.29, 1.82) is 0 Å². The van der Waals surface area contributed by atoms with Gasteiger partial charge in [-0.1, -0.05) is 238 Å². The summed E-state index contributed by atoms with van der Waals surface area (Å²) in [6.45, 7) is 20.6. The predicted molar refractivity (Wildman–Crippen MR) is 340 cm³/mol. The number of rotatable bonds is 11. The van der Waals surface area contributed by atoms with Crippen LogP contribution in [-0.4, -0.2) is 15.0 Å². The van der Waals surface area contributed by atoms with Gasteiger partial charge in [0.1, 0.15) is 5.58 Å². The van der Waals surface area contributed by atoms with Gasteiger partial charge in [-0.05, 0) is 116 Å². The van der Waals surface area contributed by atoms with E-state index in [1.165, 1.54) is 16.7 Å². The van der Waals surface area contributed by atoms with Crippen LogP contribution in [0.1, 0.15) is 79.0 Å². The molecule has 0 aliphatic carbocycles. The second kappa shape index (κ2) is 21.0. The van der Waals surface area contributed by atoms with Gasteiger partial charge in [0.05, 0.1) is 17.1 Å². The molecule has 0 saturated carbocycles. The van der Waals surface area contributed by atoms with Crippen molar-refractivity contribution in [3.05, 3.63) is 259 Å². The molecule has 10 aromatic carbocycles. The molecule has 0 N–H and O–H groups in total. The molecule has 0 bridgehead atoms. The van der Waals surface area contributed by atoms with Crippen molar-refractivity contribution in [1.82, 2.24) is 15.0 Å². The number of furan rings is 1. The fourth-order valence-electron chi connectivity index (χ4n) is 10.9. The van der Waals surface area contributed by atoms with Gasteiger partial charge in [-0.2, -0.15) is 0 Å². The molecular weight excluding hydrogens is 987 g/mol. The number of anilines is 6. The van der Waals surface area contributed by atoms with Gasteiger partial charge < -0.3 is 14.2 Å². The summed E-state index contributed by atoms with van der Waals surface area (Å²) in [6, 6.07) is 86.7. The van der Waals surface area contributed by atoms with Crippen LogP contribution in [0, 0.1) is 0 Å². The van der Waals surface area contributed by atoms with Crippen molar-refractivity contribution < 1.29 is 4.42 Å². The van der Waals surface area contributed by atoms with Gasteiger partial charge in [-0.25, -0.2) is 15.0 Å². The van der Waals surface area contributed by atoms with Gasteiger partial charge in [-0.15, -0.1) is 0 Å². The zero-order valence-electron chi connectivity index (χ0n) is 47.7. The highest BCUT2D eigenvalue weighted by Gasteiger charge is 2.32. The molecule has 0 spiro atoms. The Morgan fingerprint density at radius 2 is 0.765 bits per heavy atom. The normalized spacial score (nSPS) is 12.0. The van der Waals surface area contributed by atoms with E-state index in [1.807, 2.05) is 42.5 Å². The van der Waals surface area contributed by atoms with Gasteiger partial charge >= 0.3 is 0 Å². The lowest BCUT2D eigenvalue weighted by molar-refractivity contribution is 0.589. The highest BCUT2D eigenvalue weighted by atomic mass is 16.3. The van der Waals surface area contributed by atoms with Gasteiger partial charge in [0.25, 0.3) is 0 Å². The number of nitrogens with zero attached hydrogens (tertiary/aromatic N) is 5. The number of hydrogen-bond donors (Lipinski definition) is 0. The largest absolute Gasteiger partial charge is 0.454 e. The Kier molecular flexibility index (Phi) is 13.6. The monoisotopic (exact) mass is 1050 g/mol. The highest BCUT2D eigenvalue weighted by molar-refractivity contribution is 6.17. The van der Waals surface area contributed by atoms with Gasteiger partial charge in [-0.3, -0.25) is 0 Å². The van der Waals surface area contributed by atoms with E-state index in [-0.39, 0.29) is 16.2 Å². The molecule has 81 heavy (non-hydrogen) atoms. The van der Waals surface area contributed by atoms with Crippen molar-refractivity contribution >= 4 is 56.1 Å². The molecule has 0 fully saturated rings. The standard InChI is InChI=1S/C75H67N5O/c1-73(2,3)55-37-41-58(42-38-55)79(60-34-24-33-54(47-60)50-25-14-10-15-26-50)64-48-57(75(7,8)9)49-65(67(64)51-27-16-11-17-28-51)80(59-43-39-56(40-44-59)74(4,5)6)63-46-45-62(68-61-35-22-23-36-66(61)81-69(63)68)72-77-70(52-29-18-12-19-30-52)76-71(78-72)53-31-20-13-21-32-53/h10-49H,1-9H3. The molecule has 6 heteroatoms. The third kappa shape index (κ3) is 10.4. The molecule has 12 aromatic rings. The Bertz CT molecular complexity index is 4130. The van der Waals surface area contributed by atoms with Gasteiger partial charge in [0.2, 0.25) is 0 Å². The molecule has 6 nitrogen and oxygen atoms in total. The van der Waals surface area contributed by atoms with Crippen LogP contribution in [0.15, 0.2) is 247 Å². The number of fused-ring (bicyclic) bond motifs is 3. The lowest BCUT2D eigenvalue weighted by atomic mass is 9.83. The Hall–Kier alpha value is -9.39. The predicted octanol–water partition coefficient (Wildman–Crippen LogP) is 20.9. The van der Waals surface area contributed by atoms with E-state index in [0.717, 1.165) is 89.4 Å². The Labute approximate surface area is 477 Å². The molecule has 0 amide bonds. The molecule has 398 valence electrons. The lowest BCUT2D eigenvalue weighted by Crippen LogP contribution is -2.20. The van der Waals surface area contributed by atoms with E-state index in [2.05, 4.69) is 272 Å². The van der Waals surface area contributed by atoms with Crippen molar-refractivity contribution in [2.45, 2.75) is 78.6 Å². The van der Waals surface area contributed by atoms with E-state index in [1.54, 1.807) is 0 Å². The molecule has 2 aromatic heterocycles. The summed E-state index contributed by atoms with van der Waals surface area (Å²) in [4.78, 5) is 20.6. The third-order valence-electron chi connectivity index (χ3n) is 15.4. The zero-order chi connectivity index (χ0) is 56.0. The molecule has 2 heterocycles. The molecule has 0 saturated heterocycles. The molecular formula is C75H67N5O. The Balaban J connectivity index is 1.19. The molecule has 0 aliphatic heterocycles. The molecule has 0 unspecified atom stereocenters. The minimum absolute atomic E-state index is 0.0381. The van der Waals surface area contributed by atoms with Crippen LogP contribution in [0.5, 0.6) is 0 Å². The summed E-state index contributed by atoms with van der Waals surface area (Å²) in [5, 5.41) is 1.88. The minimum atomic E-state index is -0.293. The minimum Gasteiger partial charge on any atom is -0.454 e. The Morgan fingerprint density at radius 1 is 0.321 bits per heavy atom. The van der Waals surface area contributed by atoms with Gasteiger partial charge in [0.15, 0.2) is 23.1 Å². The van der Waals surface area contributed by atoms with Crippen LogP contribution < -0.4 is 9.80 Å². The van der Waals surface area contributed by atoms with Crippen molar-refractivity contribution in [3.63, 3.8) is 0 Å². The number of benzene rings is 10. The summed E-state index contributed by atoms with van der Waals surface area (Å²) in [7, 11) is 0. The summed E-state index contributed by atoms with van der Waals surface area (Å²) in [5.41, 5.74) is 17.8. The number of hydrogen-bond acceptors (Lipinski definition) is 6. The quantitative estimate of drug-likeness (QED) is 0.129. The SMILES string of the molecule is CC(C)(C)c1ccc(N(c2cccc(-c3ccccc3)c2)c2cc(C(C)(C)C)cc(N(c3ccc(C(C)(C)C)cc3)c3ccc(-c4nc(-c5ccccc5)nc(-c5ccccc5)n4)c4c3oc3ccccc34)c2-c2ccccc2)cc1. The van der Waals surface area contributed by atoms with Crippen LogP contribution in [0.25, 0.3) is 78.4 Å². The first-order chi connectivity index (χ1) is 39.1. The highest BCUT2D eigenvalue weighted by Crippen LogP contribution is 2.54. The molecule has 0 radical (unpaired) electrons. The summed E-state index contributed by atoms with van der Waals surface area (Å²) >= 11 is 0. The molecule has 0 atom stereocenters. The van der Waals surface area contributed by atoms with Crippen LogP contribution in [0.4, 0.5) is 34.1 Å². The van der Waals surface area contributed by atoms with Crippen molar-refractivity contribution in [2.75, 3.05) is 9.80 Å². The summed E-state index contributed by atoms with van der Waals surface area (Å²) in [5.74, 6) is 1.74. The van der Waals surface area contributed by atoms with Crippen LogP contribution in [0.3, 0.4) is 0 Å². The number of para-hydroxylation sites is 1. The molecule has 12 rings (SSSR count). The van der Waals surface area contributed by atoms with Crippen molar-refractivity contribution in [3.8, 4) is 56.4 Å². The fourth-order valence-corrected chi connectivity index (χ4v) is 10.9. The maximum atomic E-state index is 7.31. The maximum Gasteiger partial charge on any atom is 0.164 e. The van der Waals surface area contributed by atoms with E-state index >= 15 is 0 Å². The van der Waals surface area contributed by atoms with E-state index in [4.69, 9.17) is 19.4 Å². The Morgan fingerprint density at radius 3 is 1.30 bits per heavy atom. The summed E-state index contributed by atoms with van der Waals surface area (Å²) < 4.78 is 7.31. The fraction of sp³-hybridized carbons (Fsp3) is 0.160. The lowest BCUT2D eigenvalue weighted by Gasteiger charge is -2.36. The maximum absolute atomic E-state index is 7.31. The second-order valence-corrected chi connectivity index (χ2v) is 24.2. The smallest absolute Gasteiger partial charge is 0.164 e. The van der Waals surface area contributed by atoms with Crippen LogP contribution in [-0.2, 0) is 16.2 Å². The topological polar surface area (TPSA) is 58.3 Å². The van der Waals surface area contributed by atoms with E-state index in [0.29, 0.717) is 23.1 Å². The van der Waals surface area contributed by atoms with Crippen LogP contribution in [0.2, 0.25) is 0 Å². The third-order valence-corrected chi connectivity index (χ3v) is 15.4. The van der Waals surface area contributed by atoms with E-state index in [9.17, 15) is 0 Å².